The van der Waals surface area contributed by atoms with Gasteiger partial charge >= 0.3 is 6.09 Å². The van der Waals surface area contributed by atoms with E-state index in [4.69, 9.17) is 9.26 Å². The number of rotatable bonds is 4. The van der Waals surface area contributed by atoms with Gasteiger partial charge in [0.15, 0.2) is 0 Å². The molecule has 0 aromatic carbocycles. The lowest BCUT2D eigenvalue weighted by molar-refractivity contribution is 0.171. The number of methoxy groups -OCH3 is 2. The molecule has 6 heteroatoms. The molecular weight excluding hydrogens is 188 g/mol. The highest BCUT2D eigenvalue weighted by Gasteiger charge is 2.04. The number of carbonyl (C=O) groups excluding carboxylic acids is 1. The number of amides is 1. The standard InChI is InChI=1S/C8H12N2O4/c1-12-7-5-6(14-10-7)3-4-9-8(11)13-2/h5H,3-4H2,1-2H3,(H,9,11). The van der Waals surface area contributed by atoms with E-state index in [0.29, 0.717) is 24.6 Å². The summed E-state index contributed by atoms with van der Waals surface area (Å²) in [6.07, 6.45) is 0.0855. The molecule has 0 bridgehead atoms. The van der Waals surface area contributed by atoms with Gasteiger partial charge in [0.25, 0.3) is 5.88 Å². The summed E-state index contributed by atoms with van der Waals surface area (Å²) in [5.74, 6) is 1.08. The van der Waals surface area contributed by atoms with Crippen LogP contribution in [0.25, 0.3) is 0 Å². The Bertz CT molecular complexity index is 297. The summed E-state index contributed by atoms with van der Waals surface area (Å²) in [6, 6.07) is 1.67. The minimum Gasteiger partial charge on any atom is -0.479 e. The number of ether oxygens (including phenoxy) is 2. The Hall–Kier alpha value is -1.72. The van der Waals surface area contributed by atoms with Crippen LogP contribution < -0.4 is 10.1 Å². The second kappa shape index (κ2) is 5.11. The first-order valence-corrected chi connectivity index (χ1v) is 4.07. The van der Waals surface area contributed by atoms with E-state index in [2.05, 4.69) is 15.2 Å². The van der Waals surface area contributed by atoms with Crippen molar-refractivity contribution < 1.29 is 18.8 Å². The molecule has 1 amide bonds. The van der Waals surface area contributed by atoms with Gasteiger partial charge in [0, 0.05) is 19.0 Å². The van der Waals surface area contributed by atoms with E-state index < -0.39 is 6.09 Å². The van der Waals surface area contributed by atoms with E-state index in [0.717, 1.165) is 0 Å². The van der Waals surface area contributed by atoms with Crippen molar-refractivity contribution in [1.82, 2.24) is 10.5 Å². The fourth-order valence-corrected chi connectivity index (χ4v) is 0.868. The quantitative estimate of drug-likeness (QED) is 0.769. The van der Waals surface area contributed by atoms with Crippen LogP contribution in [-0.2, 0) is 11.2 Å². The Labute approximate surface area is 81.2 Å². The lowest BCUT2D eigenvalue weighted by atomic mass is 10.3. The molecule has 1 N–H and O–H groups in total. The summed E-state index contributed by atoms with van der Waals surface area (Å²) >= 11 is 0. The van der Waals surface area contributed by atoms with Crippen molar-refractivity contribution in [3.05, 3.63) is 11.8 Å². The number of carbonyl (C=O) groups is 1. The first-order chi connectivity index (χ1) is 6.76. The normalized spacial score (nSPS) is 9.57. The fourth-order valence-electron chi connectivity index (χ4n) is 0.868. The lowest BCUT2D eigenvalue weighted by Gasteiger charge is -1.99. The molecule has 0 spiro atoms. The molecule has 1 aromatic rings. The third-order valence-electron chi connectivity index (χ3n) is 1.57. The second-order valence-corrected chi connectivity index (χ2v) is 2.50. The van der Waals surface area contributed by atoms with Gasteiger partial charge in [-0.15, -0.1) is 0 Å². The maximum absolute atomic E-state index is 10.7. The maximum Gasteiger partial charge on any atom is 0.406 e. The SMILES string of the molecule is COC(=O)NCCc1cc(OC)no1. The molecule has 6 nitrogen and oxygen atoms in total. The molecule has 0 fully saturated rings. The van der Waals surface area contributed by atoms with Crippen LogP contribution in [0.3, 0.4) is 0 Å². The van der Waals surface area contributed by atoms with E-state index in [1.807, 2.05) is 0 Å². The first-order valence-electron chi connectivity index (χ1n) is 4.07. The van der Waals surface area contributed by atoms with Crippen molar-refractivity contribution in [2.75, 3.05) is 20.8 Å². The smallest absolute Gasteiger partial charge is 0.406 e. The second-order valence-electron chi connectivity index (χ2n) is 2.50. The molecule has 0 aliphatic rings. The number of hydrogen-bond donors (Lipinski definition) is 1. The molecule has 1 heterocycles. The molecule has 1 rings (SSSR count). The molecule has 0 radical (unpaired) electrons. The van der Waals surface area contributed by atoms with Gasteiger partial charge in [-0.2, -0.15) is 0 Å². The fraction of sp³-hybridized carbons (Fsp3) is 0.500. The van der Waals surface area contributed by atoms with E-state index in [1.54, 1.807) is 6.07 Å². The number of alkyl carbamates (subject to hydrolysis) is 1. The van der Waals surface area contributed by atoms with Gasteiger partial charge < -0.3 is 19.3 Å². The average molecular weight is 200 g/mol. The minimum absolute atomic E-state index is 0.429. The minimum atomic E-state index is -0.462. The van der Waals surface area contributed by atoms with Gasteiger partial charge in [-0.3, -0.25) is 0 Å². The van der Waals surface area contributed by atoms with Gasteiger partial charge in [0.05, 0.1) is 14.2 Å². The lowest BCUT2D eigenvalue weighted by Crippen LogP contribution is -2.25. The van der Waals surface area contributed by atoms with E-state index in [-0.39, 0.29) is 0 Å². The molecule has 0 saturated carbocycles. The monoisotopic (exact) mass is 200 g/mol. The van der Waals surface area contributed by atoms with Crippen molar-refractivity contribution in [1.29, 1.82) is 0 Å². The van der Waals surface area contributed by atoms with Crippen molar-refractivity contribution in [2.24, 2.45) is 0 Å². The summed E-state index contributed by atoms with van der Waals surface area (Å²) in [5.41, 5.74) is 0. The zero-order valence-electron chi connectivity index (χ0n) is 8.07. The number of aromatic nitrogens is 1. The number of hydrogen-bond acceptors (Lipinski definition) is 5. The zero-order chi connectivity index (χ0) is 10.4. The van der Waals surface area contributed by atoms with E-state index >= 15 is 0 Å². The highest BCUT2D eigenvalue weighted by Crippen LogP contribution is 2.10. The van der Waals surface area contributed by atoms with E-state index in [1.165, 1.54) is 14.2 Å². The predicted molar refractivity (Wildman–Crippen MR) is 47.2 cm³/mol. The topological polar surface area (TPSA) is 73.6 Å². The third kappa shape index (κ3) is 2.96. The van der Waals surface area contributed by atoms with Crippen molar-refractivity contribution in [2.45, 2.75) is 6.42 Å². The zero-order valence-corrected chi connectivity index (χ0v) is 8.07. The van der Waals surface area contributed by atoms with Crippen LogP contribution in [0.2, 0.25) is 0 Å². The molecule has 0 unspecified atom stereocenters. The van der Waals surface area contributed by atoms with Gasteiger partial charge in [-0.1, -0.05) is 0 Å². The van der Waals surface area contributed by atoms with Crippen LogP contribution in [-0.4, -0.2) is 32.0 Å². The Balaban J connectivity index is 2.27. The van der Waals surface area contributed by atoms with Gasteiger partial charge in [0.1, 0.15) is 5.76 Å². The Kier molecular flexibility index (Phi) is 3.78. The molecular formula is C8H12N2O4. The van der Waals surface area contributed by atoms with Crippen LogP contribution in [0, 0.1) is 0 Å². The summed E-state index contributed by atoms with van der Waals surface area (Å²) in [4.78, 5) is 10.7. The molecule has 0 aliphatic carbocycles. The van der Waals surface area contributed by atoms with Gasteiger partial charge in [0.2, 0.25) is 0 Å². The Morgan fingerprint density at radius 3 is 3.00 bits per heavy atom. The Morgan fingerprint density at radius 1 is 1.64 bits per heavy atom. The first kappa shape index (κ1) is 10.4. The average Bonchev–Trinajstić information content (AvgIpc) is 2.65. The van der Waals surface area contributed by atoms with Crippen molar-refractivity contribution >= 4 is 6.09 Å². The van der Waals surface area contributed by atoms with E-state index in [9.17, 15) is 4.79 Å². The molecule has 1 aromatic heterocycles. The summed E-state index contributed by atoms with van der Waals surface area (Å²) in [7, 11) is 2.82. The summed E-state index contributed by atoms with van der Waals surface area (Å²) in [5, 5.41) is 6.13. The van der Waals surface area contributed by atoms with Crippen LogP contribution in [0.5, 0.6) is 5.88 Å². The van der Waals surface area contributed by atoms with Crippen LogP contribution in [0.1, 0.15) is 5.76 Å². The van der Waals surface area contributed by atoms with Crippen molar-refractivity contribution in [3.8, 4) is 5.88 Å². The molecule has 0 saturated heterocycles. The van der Waals surface area contributed by atoms with Crippen molar-refractivity contribution in [3.63, 3.8) is 0 Å². The summed E-state index contributed by atoms with van der Waals surface area (Å²) in [6.45, 7) is 0.436. The largest absolute Gasteiger partial charge is 0.479 e. The van der Waals surface area contributed by atoms with Gasteiger partial charge in [-0.25, -0.2) is 4.79 Å². The highest BCUT2D eigenvalue weighted by molar-refractivity contribution is 5.66. The molecule has 14 heavy (non-hydrogen) atoms. The highest BCUT2D eigenvalue weighted by atomic mass is 16.5. The molecule has 0 aliphatic heterocycles. The predicted octanol–water partition coefficient (Wildman–Crippen LogP) is 0.582. The molecule has 78 valence electrons. The van der Waals surface area contributed by atoms with Gasteiger partial charge in [-0.05, 0) is 5.16 Å². The molecule has 0 atom stereocenters. The van der Waals surface area contributed by atoms with Crippen LogP contribution in [0.4, 0.5) is 4.79 Å². The Morgan fingerprint density at radius 2 is 2.43 bits per heavy atom. The summed E-state index contributed by atoms with van der Waals surface area (Å²) < 4.78 is 14.1. The maximum atomic E-state index is 10.7. The third-order valence-corrected chi connectivity index (χ3v) is 1.57. The van der Waals surface area contributed by atoms with Crippen LogP contribution in [0.15, 0.2) is 10.6 Å². The number of nitrogens with zero attached hydrogens (tertiary/aromatic N) is 1. The van der Waals surface area contributed by atoms with Crippen LogP contribution >= 0.6 is 0 Å². The number of nitrogens with one attached hydrogen (secondary N) is 1.